The Balaban J connectivity index is 2.91. The van der Waals surface area contributed by atoms with E-state index in [4.69, 9.17) is 0 Å². The van der Waals surface area contributed by atoms with Crippen LogP contribution in [0.1, 0.15) is 13.3 Å². The molecular weight excluding hydrogens is 278 g/mol. The number of hydrogen-bond acceptors (Lipinski definition) is 5. The summed E-state index contributed by atoms with van der Waals surface area (Å²) in [6, 6.07) is 0.811. The average Bonchev–Trinajstić information content (AvgIpc) is 2.33. The molecule has 0 saturated heterocycles. The minimum absolute atomic E-state index is 0.0669. The molecule has 0 aliphatic carbocycles. The van der Waals surface area contributed by atoms with E-state index >= 15 is 0 Å². The molecule has 1 rings (SSSR count). The minimum Gasteiger partial charge on any atom is -0.466 e. The maximum Gasteiger partial charge on any atom is 0.315 e. The summed E-state index contributed by atoms with van der Waals surface area (Å²) in [5, 5.41) is 12.6. The topological polar surface area (TPSA) is 98.5 Å². The number of halogens is 2. The fourth-order valence-electron chi connectivity index (χ4n) is 1.33. The van der Waals surface area contributed by atoms with Gasteiger partial charge in [0.1, 0.15) is 12.1 Å². The maximum absolute atomic E-state index is 13.0. The van der Waals surface area contributed by atoms with Gasteiger partial charge in [-0.25, -0.2) is 8.78 Å². The van der Waals surface area contributed by atoms with Gasteiger partial charge in [0.15, 0.2) is 11.6 Å². The third-order valence-electron chi connectivity index (χ3n) is 2.12. The molecule has 0 aliphatic heterocycles. The lowest BCUT2D eigenvalue weighted by atomic mass is 10.2. The molecular formula is C11H10F2N2O5. The van der Waals surface area contributed by atoms with E-state index in [2.05, 4.69) is 4.74 Å². The lowest BCUT2D eigenvalue weighted by Gasteiger charge is -2.06. The predicted molar refractivity (Wildman–Crippen MR) is 62.9 cm³/mol. The number of carbonyl (C=O) groups excluding carboxylic acids is 2. The number of nitrogens with one attached hydrogen (secondary N) is 1. The predicted octanol–water partition coefficient (Wildman–Crippen LogP) is 1.76. The number of amides is 1. The van der Waals surface area contributed by atoms with Crippen LogP contribution in [-0.4, -0.2) is 23.4 Å². The highest BCUT2D eigenvalue weighted by molar-refractivity contribution is 6.02. The number of esters is 1. The van der Waals surface area contributed by atoms with Gasteiger partial charge in [-0.3, -0.25) is 19.7 Å². The Bertz CT molecular complexity index is 562. The number of anilines is 1. The van der Waals surface area contributed by atoms with Gasteiger partial charge in [0, 0.05) is 6.07 Å². The van der Waals surface area contributed by atoms with Crippen LogP contribution in [-0.2, 0) is 14.3 Å². The summed E-state index contributed by atoms with van der Waals surface area (Å²) in [7, 11) is 0. The zero-order valence-corrected chi connectivity index (χ0v) is 10.3. The van der Waals surface area contributed by atoms with Gasteiger partial charge in [-0.05, 0) is 6.92 Å². The number of carbonyl (C=O) groups is 2. The highest BCUT2D eigenvalue weighted by Gasteiger charge is 2.21. The first-order valence-corrected chi connectivity index (χ1v) is 5.44. The number of ether oxygens (including phenoxy) is 1. The molecule has 0 saturated carbocycles. The first kappa shape index (κ1) is 15.5. The third kappa shape index (κ3) is 3.97. The first-order chi connectivity index (χ1) is 9.35. The van der Waals surface area contributed by atoms with Crippen LogP contribution in [0, 0.1) is 21.7 Å². The monoisotopic (exact) mass is 288 g/mol. The Morgan fingerprint density at radius 2 is 1.95 bits per heavy atom. The Morgan fingerprint density at radius 3 is 2.50 bits per heavy atom. The van der Waals surface area contributed by atoms with Crippen LogP contribution in [0.4, 0.5) is 20.2 Å². The second-order valence-corrected chi connectivity index (χ2v) is 3.57. The van der Waals surface area contributed by atoms with E-state index in [0.717, 1.165) is 0 Å². The molecule has 20 heavy (non-hydrogen) atoms. The second kappa shape index (κ2) is 6.55. The Labute approximate surface area is 111 Å². The molecule has 0 bridgehead atoms. The molecule has 0 heterocycles. The van der Waals surface area contributed by atoms with Crippen LogP contribution < -0.4 is 5.32 Å². The number of nitrogens with zero attached hydrogens (tertiary/aromatic N) is 1. The molecule has 1 N–H and O–H groups in total. The average molecular weight is 288 g/mol. The molecule has 0 aliphatic rings. The zero-order valence-electron chi connectivity index (χ0n) is 10.3. The van der Waals surface area contributed by atoms with E-state index in [1.54, 1.807) is 0 Å². The Kier molecular flexibility index (Phi) is 5.07. The fraction of sp³-hybridized carbons (Fsp3) is 0.273. The Hall–Kier alpha value is -2.58. The van der Waals surface area contributed by atoms with Crippen LogP contribution in [0.3, 0.4) is 0 Å². The summed E-state index contributed by atoms with van der Waals surface area (Å²) in [6.45, 7) is 1.60. The largest absolute Gasteiger partial charge is 0.466 e. The van der Waals surface area contributed by atoms with Gasteiger partial charge in [0.05, 0.1) is 17.6 Å². The summed E-state index contributed by atoms with van der Waals surface area (Å²) in [6.07, 6.45) is -0.690. The fourth-order valence-corrected chi connectivity index (χ4v) is 1.33. The third-order valence-corrected chi connectivity index (χ3v) is 2.12. The van der Waals surface area contributed by atoms with Crippen molar-refractivity contribution in [3.05, 3.63) is 33.9 Å². The molecule has 9 heteroatoms. The molecule has 0 aromatic heterocycles. The maximum atomic E-state index is 13.0. The van der Waals surface area contributed by atoms with Gasteiger partial charge in [-0.1, -0.05) is 0 Å². The minimum atomic E-state index is -1.42. The van der Waals surface area contributed by atoms with Crippen molar-refractivity contribution in [3.8, 4) is 0 Å². The first-order valence-electron chi connectivity index (χ1n) is 5.44. The van der Waals surface area contributed by atoms with Crippen LogP contribution in [0.5, 0.6) is 0 Å². The van der Waals surface area contributed by atoms with Gasteiger partial charge in [0.25, 0.3) is 5.69 Å². The number of nitro groups is 1. The molecule has 0 spiro atoms. The van der Waals surface area contributed by atoms with Crippen molar-refractivity contribution in [1.29, 1.82) is 0 Å². The molecule has 0 unspecified atom stereocenters. The molecule has 108 valence electrons. The van der Waals surface area contributed by atoms with Gasteiger partial charge in [0.2, 0.25) is 5.91 Å². The van der Waals surface area contributed by atoms with Crippen LogP contribution >= 0.6 is 0 Å². The molecule has 0 fully saturated rings. The van der Waals surface area contributed by atoms with Gasteiger partial charge >= 0.3 is 5.97 Å². The summed E-state index contributed by atoms with van der Waals surface area (Å²) in [4.78, 5) is 32.1. The highest BCUT2D eigenvalue weighted by atomic mass is 19.2. The van der Waals surface area contributed by atoms with Crippen molar-refractivity contribution >= 4 is 23.3 Å². The number of hydrogen-bond donors (Lipinski definition) is 1. The summed E-state index contributed by atoms with van der Waals surface area (Å²) < 4.78 is 30.4. The van der Waals surface area contributed by atoms with Gasteiger partial charge < -0.3 is 10.1 Å². The van der Waals surface area contributed by atoms with Crippen LogP contribution in [0.25, 0.3) is 0 Å². The molecule has 0 atom stereocenters. The molecule has 1 amide bonds. The second-order valence-electron chi connectivity index (χ2n) is 3.57. The summed E-state index contributed by atoms with van der Waals surface area (Å²) in [5.41, 5.74) is -1.36. The zero-order chi connectivity index (χ0) is 15.3. The SMILES string of the molecule is CCOC(=O)CC(=O)Nc1cc(F)c(F)cc1[N+](=O)[O-]. The normalized spacial score (nSPS) is 9.95. The van der Waals surface area contributed by atoms with Crippen molar-refractivity contribution < 1.29 is 28.0 Å². The lowest BCUT2D eigenvalue weighted by Crippen LogP contribution is -2.19. The Morgan fingerprint density at radius 1 is 1.35 bits per heavy atom. The van der Waals surface area contributed by atoms with E-state index in [0.29, 0.717) is 12.1 Å². The van der Waals surface area contributed by atoms with Crippen molar-refractivity contribution in [2.45, 2.75) is 13.3 Å². The van der Waals surface area contributed by atoms with Crippen LogP contribution in [0.2, 0.25) is 0 Å². The smallest absolute Gasteiger partial charge is 0.315 e. The standard InChI is InChI=1S/C11H10F2N2O5/c1-2-20-11(17)5-10(16)14-8-3-6(12)7(13)4-9(8)15(18)19/h3-4H,2,5H2,1H3,(H,14,16). The molecule has 1 aromatic carbocycles. The van der Waals surface area contributed by atoms with Crippen molar-refractivity contribution in [2.24, 2.45) is 0 Å². The van der Waals surface area contributed by atoms with E-state index in [9.17, 15) is 28.5 Å². The lowest BCUT2D eigenvalue weighted by molar-refractivity contribution is -0.384. The van der Waals surface area contributed by atoms with Gasteiger partial charge in [-0.2, -0.15) is 0 Å². The van der Waals surface area contributed by atoms with Crippen LogP contribution in [0.15, 0.2) is 12.1 Å². The van der Waals surface area contributed by atoms with Crippen molar-refractivity contribution in [1.82, 2.24) is 0 Å². The van der Waals surface area contributed by atoms with Gasteiger partial charge in [-0.15, -0.1) is 0 Å². The summed E-state index contributed by atoms with van der Waals surface area (Å²) in [5.74, 6) is -4.55. The van der Waals surface area contributed by atoms with E-state index < -0.39 is 46.2 Å². The highest BCUT2D eigenvalue weighted by Crippen LogP contribution is 2.27. The van der Waals surface area contributed by atoms with Crippen molar-refractivity contribution in [2.75, 3.05) is 11.9 Å². The number of nitro benzene ring substituents is 1. The van der Waals surface area contributed by atoms with E-state index in [-0.39, 0.29) is 6.61 Å². The summed E-state index contributed by atoms with van der Waals surface area (Å²) >= 11 is 0. The van der Waals surface area contributed by atoms with E-state index in [1.807, 2.05) is 5.32 Å². The number of benzene rings is 1. The van der Waals surface area contributed by atoms with Crippen molar-refractivity contribution in [3.63, 3.8) is 0 Å². The van der Waals surface area contributed by atoms with E-state index in [1.165, 1.54) is 6.92 Å². The number of rotatable bonds is 5. The quantitative estimate of drug-likeness (QED) is 0.385. The molecule has 1 aromatic rings. The molecule has 7 nitrogen and oxygen atoms in total. The molecule has 0 radical (unpaired) electrons.